The van der Waals surface area contributed by atoms with Crippen LogP contribution in [0.4, 0.5) is 0 Å². The van der Waals surface area contributed by atoms with E-state index in [9.17, 15) is 9.59 Å². The van der Waals surface area contributed by atoms with Gasteiger partial charge in [-0.25, -0.2) is 0 Å². The molecular formula is C15H23NO3. The molecule has 1 rings (SSSR count). The Morgan fingerprint density at radius 3 is 2.53 bits per heavy atom. The van der Waals surface area contributed by atoms with Crippen molar-refractivity contribution in [3.63, 3.8) is 0 Å². The predicted octanol–water partition coefficient (Wildman–Crippen LogP) is 2.03. The lowest BCUT2D eigenvalue weighted by molar-refractivity contribution is -0.146. The fraction of sp³-hybridized carbons (Fsp3) is 0.733. The molecule has 4 heteroatoms. The number of nitrogens with one attached hydrogen (secondary N) is 1. The first-order valence-corrected chi connectivity index (χ1v) is 6.98. The Kier molecular flexibility index (Phi) is 7.02. The molecule has 1 amide bonds. The third kappa shape index (κ3) is 5.78. The lowest BCUT2D eigenvalue weighted by Crippen LogP contribution is -2.38. The normalized spacial score (nSPS) is 22.3. The van der Waals surface area contributed by atoms with E-state index in [2.05, 4.69) is 11.2 Å². The van der Waals surface area contributed by atoms with E-state index >= 15 is 0 Å². The van der Waals surface area contributed by atoms with E-state index in [-0.39, 0.29) is 23.8 Å². The van der Waals surface area contributed by atoms with Gasteiger partial charge in [0.2, 0.25) is 5.91 Å². The number of amides is 1. The Hall–Kier alpha value is -1.50. The fourth-order valence-electron chi connectivity index (χ4n) is 2.45. The number of rotatable bonds is 6. The van der Waals surface area contributed by atoms with Crippen molar-refractivity contribution in [1.29, 1.82) is 0 Å². The average Bonchev–Trinajstić information content (AvgIpc) is 2.43. The third-order valence-electron chi connectivity index (χ3n) is 3.60. The van der Waals surface area contributed by atoms with Crippen LogP contribution in [0.1, 0.15) is 51.4 Å². The molecule has 1 N–H and O–H groups in total. The van der Waals surface area contributed by atoms with Crippen molar-refractivity contribution < 1.29 is 14.3 Å². The minimum Gasteiger partial charge on any atom is -0.469 e. The highest BCUT2D eigenvalue weighted by Crippen LogP contribution is 2.25. The van der Waals surface area contributed by atoms with Gasteiger partial charge in [-0.1, -0.05) is 0 Å². The fourth-order valence-corrected chi connectivity index (χ4v) is 2.45. The molecule has 1 fully saturated rings. The number of methoxy groups -OCH3 is 1. The molecule has 0 aromatic carbocycles. The Labute approximate surface area is 115 Å². The zero-order valence-electron chi connectivity index (χ0n) is 11.6. The van der Waals surface area contributed by atoms with Crippen molar-refractivity contribution >= 4 is 11.9 Å². The van der Waals surface area contributed by atoms with E-state index in [1.165, 1.54) is 7.11 Å². The molecule has 0 spiro atoms. The van der Waals surface area contributed by atoms with E-state index in [1.54, 1.807) is 0 Å². The molecule has 0 aliphatic heterocycles. The summed E-state index contributed by atoms with van der Waals surface area (Å²) in [7, 11) is 1.42. The lowest BCUT2D eigenvalue weighted by Gasteiger charge is -2.27. The number of terminal acetylenes is 1. The maximum absolute atomic E-state index is 11.7. The van der Waals surface area contributed by atoms with Crippen molar-refractivity contribution in [2.45, 2.75) is 57.4 Å². The van der Waals surface area contributed by atoms with Gasteiger partial charge < -0.3 is 10.1 Å². The van der Waals surface area contributed by atoms with Crippen molar-refractivity contribution in [2.75, 3.05) is 7.11 Å². The summed E-state index contributed by atoms with van der Waals surface area (Å²) in [5.74, 6) is 2.55. The van der Waals surface area contributed by atoms with Gasteiger partial charge in [-0.15, -0.1) is 12.3 Å². The van der Waals surface area contributed by atoms with E-state index < -0.39 is 0 Å². The number of hydrogen-bond acceptors (Lipinski definition) is 3. The molecule has 106 valence electrons. The molecule has 0 atom stereocenters. The molecule has 0 aromatic heterocycles. The Morgan fingerprint density at radius 1 is 1.26 bits per heavy atom. The monoisotopic (exact) mass is 265 g/mol. The second-order valence-corrected chi connectivity index (χ2v) is 5.05. The first-order valence-electron chi connectivity index (χ1n) is 6.98. The van der Waals surface area contributed by atoms with Crippen molar-refractivity contribution in [2.24, 2.45) is 5.92 Å². The highest BCUT2D eigenvalue weighted by Gasteiger charge is 2.27. The van der Waals surface area contributed by atoms with Crippen molar-refractivity contribution in [3.8, 4) is 12.3 Å². The number of unbranched alkanes of at least 4 members (excludes halogenated alkanes) is 2. The van der Waals surface area contributed by atoms with Crippen LogP contribution < -0.4 is 5.32 Å². The molecule has 1 aliphatic rings. The SMILES string of the molecule is C#CCCCCC(=O)NC1CCC(C(=O)OC)CC1. The van der Waals surface area contributed by atoms with Gasteiger partial charge in [0.1, 0.15) is 0 Å². The molecule has 0 saturated heterocycles. The Bertz CT molecular complexity index is 338. The Morgan fingerprint density at radius 2 is 1.95 bits per heavy atom. The maximum atomic E-state index is 11.7. The Balaban J connectivity index is 2.16. The van der Waals surface area contributed by atoms with Crippen LogP contribution in [0.3, 0.4) is 0 Å². The van der Waals surface area contributed by atoms with Gasteiger partial charge in [-0.3, -0.25) is 9.59 Å². The predicted molar refractivity (Wildman–Crippen MR) is 73.2 cm³/mol. The number of carbonyl (C=O) groups is 2. The summed E-state index contributed by atoms with van der Waals surface area (Å²) in [6, 6.07) is 0.209. The summed E-state index contributed by atoms with van der Waals surface area (Å²) in [6.07, 6.45) is 11.5. The largest absolute Gasteiger partial charge is 0.469 e. The summed E-state index contributed by atoms with van der Waals surface area (Å²) >= 11 is 0. The van der Waals surface area contributed by atoms with E-state index in [0.717, 1.165) is 44.9 Å². The molecule has 1 aliphatic carbocycles. The smallest absolute Gasteiger partial charge is 0.308 e. The zero-order chi connectivity index (χ0) is 14.1. The molecule has 1 saturated carbocycles. The van der Waals surface area contributed by atoms with Gasteiger partial charge >= 0.3 is 5.97 Å². The topological polar surface area (TPSA) is 55.4 Å². The number of ether oxygens (including phenoxy) is 1. The summed E-state index contributed by atoms with van der Waals surface area (Å²) in [5.41, 5.74) is 0. The van der Waals surface area contributed by atoms with Crippen LogP contribution in [0.25, 0.3) is 0 Å². The van der Waals surface area contributed by atoms with Crippen LogP contribution in [0, 0.1) is 18.3 Å². The standard InChI is InChI=1S/C15H23NO3/c1-3-4-5-6-7-14(17)16-13-10-8-12(9-11-13)15(18)19-2/h1,12-13H,4-11H2,2H3,(H,16,17). The summed E-state index contributed by atoms with van der Waals surface area (Å²) in [4.78, 5) is 23.1. The number of hydrogen-bond donors (Lipinski definition) is 1. The lowest BCUT2D eigenvalue weighted by atomic mass is 9.86. The molecule has 0 aromatic rings. The van der Waals surface area contributed by atoms with Crippen LogP contribution >= 0.6 is 0 Å². The second kappa shape index (κ2) is 8.58. The van der Waals surface area contributed by atoms with Crippen LogP contribution in [-0.4, -0.2) is 25.0 Å². The van der Waals surface area contributed by atoms with Crippen LogP contribution in [0.15, 0.2) is 0 Å². The molecule has 19 heavy (non-hydrogen) atoms. The van der Waals surface area contributed by atoms with Crippen LogP contribution in [-0.2, 0) is 14.3 Å². The summed E-state index contributed by atoms with van der Waals surface area (Å²) in [5, 5.41) is 3.03. The van der Waals surface area contributed by atoms with Crippen molar-refractivity contribution in [3.05, 3.63) is 0 Å². The third-order valence-corrected chi connectivity index (χ3v) is 3.60. The highest BCUT2D eigenvalue weighted by molar-refractivity contribution is 5.76. The molecule has 0 heterocycles. The first-order chi connectivity index (χ1) is 9.17. The minimum absolute atomic E-state index is 0.00813. The van der Waals surface area contributed by atoms with Gasteiger partial charge in [0.05, 0.1) is 13.0 Å². The van der Waals surface area contributed by atoms with E-state index in [1.807, 2.05) is 0 Å². The van der Waals surface area contributed by atoms with Gasteiger partial charge in [0.25, 0.3) is 0 Å². The van der Waals surface area contributed by atoms with Gasteiger partial charge in [0, 0.05) is 18.9 Å². The molecule has 0 unspecified atom stereocenters. The van der Waals surface area contributed by atoms with E-state index in [0.29, 0.717) is 6.42 Å². The van der Waals surface area contributed by atoms with E-state index in [4.69, 9.17) is 11.2 Å². The number of carbonyl (C=O) groups excluding carboxylic acids is 2. The molecule has 4 nitrogen and oxygen atoms in total. The second-order valence-electron chi connectivity index (χ2n) is 5.05. The molecule has 0 bridgehead atoms. The molecular weight excluding hydrogens is 242 g/mol. The highest BCUT2D eigenvalue weighted by atomic mass is 16.5. The zero-order valence-corrected chi connectivity index (χ0v) is 11.6. The summed E-state index contributed by atoms with van der Waals surface area (Å²) in [6.45, 7) is 0. The van der Waals surface area contributed by atoms with Gasteiger partial charge in [-0.05, 0) is 38.5 Å². The van der Waals surface area contributed by atoms with Crippen LogP contribution in [0.2, 0.25) is 0 Å². The number of esters is 1. The van der Waals surface area contributed by atoms with Crippen molar-refractivity contribution in [1.82, 2.24) is 5.32 Å². The maximum Gasteiger partial charge on any atom is 0.308 e. The minimum atomic E-state index is -0.126. The van der Waals surface area contributed by atoms with Gasteiger partial charge in [0.15, 0.2) is 0 Å². The quantitative estimate of drug-likeness (QED) is 0.454. The van der Waals surface area contributed by atoms with Gasteiger partial charge in [-0.2, -0.15) is 0 Å². The summed E-state index contributed by atoms with van der Waals surface area (Å²) < 4.78 is 4.74. The average molecular weight is 265 g/mol. The first kappa shape index (κ1) is 15.6. The van der Waals surface area contributed by atoms with Crippen LogP contribution in [0.5, 0.6) is 0 Å². The molecule has 0 radical (unpaired) electrons.